The summed E-state index contributed by atoms with van der Waals surface area (Å²) in [6.07, 6.45) is 1.64. The fraction of sp³-hybridized carbons (Fsp3) is 0.400. The number of fused-ring (bicyclic) bond motifs is 1. The molecule has 0 saturated heterocycles. The van der Waals surface area contributed by atoms with Crippen molar-refractivity contribution in [3.05, 3.63) is 65.5 Å². The average molecular weight is 504 g/mol. The number of hydrogen-bond donors (Lipinski definition) is 1. The number of unbranched alkanes of at least 4 members (excludes halogenated alkanes) is 1. The Kier molecular flexibility index (Phi) is 8.61. The van der Waals surface area contributed by atoms with E-state index in [1.54, 1.807) is 31.2 Å². The van der Waals surface area contributed by atoms with Crippen LogP contribution in [0.5, 0.6) is 0 Å². The van der Waals surface area contributed by atoms with Crippen LogP contribution in [-0.4, -0.2) is 54.5 Å². The van der Waals surface area contributed by atoms with Crippen LogP contribution in [0.4, 0.5) is 4.39 Å². The quantitative estimate of drug-likeness (QED) is 0.475. The molecule has 1 unspecified atom stereocenters. The van der Waals surface area contributed by atoms with E-state index in [1.807, 2.05) is 6.92 Å². The van der Waals surface area contributed by atoms with Gasteiger partial charge in [0.25, 0.3) is 15.9 Å². The Balaban J connectivity index is 1.70. The van der Waals surface area contributed by atoms with Crippen molar-refractivity contribution in [2.24, 2.45) is 0 Å². The zero-order valence-electron chi connectivity index (χ0n) is 19.9. The van der Waals surface area contributed by atoms with Crippen molar-refractivity contribution < 1.29 is 27.2 Å². The molecule has 0 radical (unpaired) electrons. The maximum absolute atomic E-state index is 14.3. The summed E-state index contributed by atoms with van der Waals surface area (Å²) in [5.74, 6) is -1.90. The molecule has 1 aliphatic rings. The van der Waals surface area contributed by atoms with Gasteiger partial charge in [0.15, 0.2) is 0 Å². The van der Waals surface area contributed by atoms with Gasteiger partial charge >= 0.3 is 0 Å². The predicted molar refractivity (Wildman–Crippen MR) is 128 cm³/mol. The molecule has 0 aliphatic carbocycles. The van der Waals surface area contributed by atoms with Crippen LogP contribution in [-0.2, 0) is 26.2 Å². The van der Waals surface area contributed by atoms with Crippen molar-refractivity contribution in [1.29, 1.82) is 0 Å². The first-order valence-electron chi connectivity index (χ1n) is 11.6. The predicted octanol–water partition coefficient (Wildman–Crippen LogP) is 3.08. The molecule has 1 heterocycles. The normalized spacial score (nSPS) is 14.9. The van der Waals surface area contributed by atoms with Crippen LogP contribution in [0.1, 0.15) is 55.5 Å². The number of sulfonamides is 1. The van der Waals surface area contributed by atoms with Crippen LogP contribution < -0.4 is 5.32 Å². The Morgan fingerprint density at radius 2 is 1.77 bits per heavy atom. The second-order valence-corrected chi connectivity index (χ2v) is 10.2. The van der Waals surface area contributed by atoms with Crippen molar-refractivity contribution in [2.75, 3.05) is 13.1 Å². The summed E-state index contributed by atoms with van der Waals surface area (Å²) in [6, 6.07) is 11.1. The third-order valence-corrected chi connectivity index (χ3v) is 7.80. The molecule has 0 aromatic heterocycles. The van der Waals surface area contributed by atoms with Gasteiger partial charge in [-0.1, -0.05) is 43.7 Å². The molecule has 8 nitrogen and oxygen atoms in total. The van der Waals surface area contributed by atoms with E-state index in [0.29, 0.717) is 6.54 Å². The summed E-state index contributed by atoms with van der Waals surface area (Å²) in [6.45, 7) is 3.75. The Labute approximate surface area is 205 Å². The number of nitrogens with one attached hydrogen (secondary N) is 1. The highest BCUT2D eigenvalue weighted by atomic mass is 32.2. The fourth-order valence-corrected chi connectivity index (χ4v) is 5.51. The van der Waals surface area contributed by atoms with E-state index < -0.39 is 33.7 Å². The molecule has 2 aromatic rings. The first-order chi connectivity index (χ1) is 16.7. The van der Waals surface area contributed by atoms with Gasteiger partial charge in [-0.2, -0.15) is 0 Å². The average Bonchev–Trinajstić information content (AvgIpc) is 3.03. The van der Waals surface area contributed by atoms with Crippen molar-refractivity contribution in [2.45, 2.75) is 57.0 Å². The molecule has 1 aliphatic heterocycles. The molecule has 3 amide bonds. The van der Waals surface area contributed by atoms with Gasteiger partial charge in [0.1, 0.15) is 16.8 Å². The lowest BCUT2D eigenvalue weighted by Gasteiger charge is -2.29. The van der Waals surface area contributed by atoms with E-state index in [1.165, 1.54) is 29.2 Å². The molecular weight excluding hydrogens is 473 g/mol. The van der Waals surface area contributed by atoms with E-state index in [0.717, 1.165) is 17.1 Å². The molecule has 0 bridgehead atoms. The number of rotatable bonds is 11. The SMILES string of the molecule is CCCCNC(=O)C(C)N(Cc1ccccc1F)C(=O)CCCN1C(=O)c2ccccc2S1(=O)=O. The third kappa shape index (κ3) is 5.87. The lowest BCUT2D eigenvalue weighted by molar-refractivity contribution is -0.140. The molecule has 2 aromatic carbocycles. The van der Waals surface area contributed by atoms with Crippen LogP contribution >= 0.6 is 0 Å². The van der Waals surface area contributed by atoms with E-state index in [9.17, 15) is 27.2 Å². The molecule has 3 rings (SSSR count). The van der Waals surface area contributed by atoms with E-state index in [-0.39, 0.29) is 47.9 Å². The van der Waals surface area contributed by atoms with Crippen molar-refractivity contribution in [3.8, 4) is 0 Å². The van der Waals surface area contributed by atoms with Gasteiger partial charge in [-0.05, 0) is 38.0 Å². The second-order valence-electron chi connectivity index (χ2n) is 8.42. The standard InChI is InChI=1S/C25H30FN3O5S/c1-3-4-15-27-24(31)18(2)28(17-19-10-5-7-12-21(19)26)23(30)14-9-16-29-25(32)20-11-6-8-13-22(20)35(29,33)34/h5-8,10-13,18H,3-4,9,14-17H2,1-2H3,(H,27,31). The number of hydrogen-bond acceptors (Lipinski definition) is 5. The smallest absolute Gasteiger partial charge is 0.269 e. The summed E-state index contributed by atoms with van der Waals surface area (Å²) in [4.78, 5) is 39.6. The molecule has 188 valence electrons. The van der Waals surface area contributed by atoms with Crippen molar-refractivity contribution in [1.82, 2.24) is 14.5 Å². The first kappa shape index (κ1) is 26.3. The lowest BCUT2D eigenvalue weighted by Crippen LogP contribution is -2.48. The second kappa shape index (κ2) is 11.4. The summed E-state index contributed by atoms with van der Waals surface area (Å²) < 4.78 is 40.5. The highest BCUT2D eigenvalue weighted by Crippen LogP contribution is 2.30. The Hall–Kier alpha value is -3.27. The molecule has 35 heavy (non-hydrogen) atoms. The minimum Gasteiger partial charge on any atom is -0.354 e. The van der Waals surface area contributed by atoms with Crippen LogP contribution in [0, 0.1) is 5.82 Å². The number of halogens is 1. The van der Waals surface area contributed by atoms with Crippen molar-refractivity contribution in [3.63, 3.8) is 0 Å². The molecule has 10 heteroatoms. The highest BCUT2D eigenvalue weighted by Gasteiger charge is 2.40. The molecular formula is C25H30FN3O5S. The number of benzene rings is 2. The summed E-state index contributed by atoms with van der Waals surface area (Å²) >= 11 is 0. The molecule has 1 atom stereocenters. The van der Waals surface area contributed by atoms with E-state index in [2.05, 4.69) is 5.32 Å². The number of nitrogens with zero attached hydrogens (tertiary/aromatic N) is 2. The fourth-order valence-electron chi connectivity index (χ4n) is 3.90. The van der Waals surface area contributed by atoms with Crippen LogP contribution in [0.3, 0.4) is 0 Å². The Morgan fingerprint density at radius 1 is 1.09 bits per heavy atom. The highest BCUT2D eigenvalue weighted by molar-refractivity contribution is 7.90. The number of carbonyl (C=O) groups excluding carboxylic acids is 3. The third-order valence-electron chi connectivity index (χ3n) is 5.96. The van der Waals surface area contributed by atoms with E-state index in [4.69, 9.17) is 0 Å². The maximum Gasteiger partial charge on any atom is 0.269 e. The zero-order valence-corrected chi connectivity index (χ0v) is 20.7. The Bertz CT molecular complexity index is 1200. The summed E-state index contributed by atoms with van der Waals surface area (Å²) in [5.41, 5.74) is 0.374. The summed E-state index contributed by atoms with van der Waals surface area (Å²) in [5, 5.41) is 2.79. The number of amides is 3. The minimum absolute atomic E-state index is 0.0464. The Morgan fingerprint density at radius 3 is 2.46 bits per heavy atom. The van der Waals surface area contributed by atoms with Gasteiger partial charge < -0.3 is 10.2 Å². The minimum atomic E-state index is -3.97. The van der Waals surface area contributed by atoms with Crippen LogP contribution in [0.2, 0.25) is 0 Å². The van der Waals surface area contributed by atoms with Gasteiger partial charge in [-0.3, -0.25) is 14.4 Å². The molecule has 1 N–H and O–H groups in total. The zero-order chi connectivity index (χ0) is 25.6. The van der Waals surface area contributed by atoms with Crippen LogP contribution in [0.25, 0.3) is 0 Å². The van der Waals surface area contributed by atoms with Crippen LogP contribution in [0.15, 0.2) is 53.4 Å². The van der Waals surface area contributed by atoms with Gasteiger partial charge in [0.2, 0.25) is 11.8 Å². The monoisotopic (exact) mass is 503 g/mol. The topological polar surface area (TPSA) is 104 Å². The summed E-state index contributed by atoms with van der Waals surface area (Å²) in [7, 11) is -3.97. The van der Waals surface area contributed by atoms with Gasteiger partial charge in [0.05, 0.1) is 5.56 Å². The first-order valence-corrected chi connectivity index (χ1v) is 13.1. The van der Waals surface area contributed by atoms with Crippen molar-refractivity contribution >= 4 is 27.7 Å². The molecule has 0 saturated carbocycles. The lowest BCUT2D eigenvalue weighted by atomic mass is 10.1. The maximum atomic E-state index is 14.3. The molecule has 0 spiro atoms. The van der Waals surface area contributed by atoms with E-state index >= 15 is 0 Å². The van der Waals surface area contributed by atoms with Gasteiger partial charge in [-0.15, -0.1) is 0 Å². The number of carbonyl (C=O) groups is 3. The largest absolute Gasteiger partial charge is 0.354 e. The molecule has 0 fully saturated rings. The van der Waals surface area contributed by atoms with Gasteiger partial charge in [0, 0.05) is 31.6 Å². The van der Waals surface area contributed by atoms with Gasteiger partial charge in [-0.25, -0.2) is 17.1 Å².